The van der Waals surface area contributed by atoms with Gasteiger partial charge >= 0.3 is 0 Å². The van der Waals surface area contributed by atoms with Crippen LogP contribution in [-0.2, 0) is 6.54 Å². The third-order valence-electron chi connectivity index (χ3n) is 3.05. The van der Waals surface area contributed by atoms with Gasteiger partial charge in [-0.25, -0.2) is 4.68 Å². The third kappa shape index (κ3) is 2.31. The van der Waals surface area contributed by atoms with Crippen LogP contribution < -0.4 is 5.73 Å². The molecule has 0 aliphatic rings. The van der Waals surface area contributed by atoms with Gasteiger partial charge in [-0.2, -0.15) is 0 Å². The summed E-state index contributed by atoms with van der Waals surface area (Å²) in [5.74, 6) is 0. The molecule has 0 fully saturated rings. The van der Waals surface area contributed by atoms with Crippen molar-refractivity contribution in [3.8, 4) is 16.9 Å². The maximum absolute atomic E-state index is 5.92. The summed E-state index contributed by atoms with van der Waals surface area (Å²) in [5, 5.41) is 9.06. The predicted molar refractivity (Wildman–Crippen MR) is 79.7 cm³/mol. The number of hydrogen-bond acceptors (Lipinski definition) is 3. The van der Waals surface area contributed by atoms with E-state index < -0.39 is 0 Å². The van der Waals surface area contributed by atoms with Gasteiger partial charge in [0.15, 0.2) is 0 Å². The lowest BCUT2D eigenvalue weighted by molar-refractivity contribution is 0.800. The second kappa shape index (κ2) is 5.45. The van der Waals surface area contributed by atoms with E-state index in [0.717, 1.165) is 22.6 Å². The lowest BCUT2D eigenvalue weighted by Crippen LogP contribution is -2.02. The van der Waals surface area contributed by atoms with Gasteiger partial charge in [-0.1, -0.05) is 47.1 Å². The molecule has 0 aliphatic carbocycles. The van der Waals surface area contributed by atoms with Crippen molar-refractivity contribution in [2.75, 3.05) is 0 Å². The van der Waals surface area contributed by atoms with Crippen LogP contribution in [0.15, 0.2) is 54.6 Å². The molecule has 0 bridgehead atoms. The molecule has 0 spiro atoms. The molecule has 0 atom stereocenters. The lowest BCUT2D eigenvalue weighted by Gasteiger charge is -2.08. The largest absolute Gasteiger partial charge is 0.325 e. The van der Waals surface area contributed by atoms with E-state index in [9.17, 15) is 0 Å². The van der Waals surface area contributed by atoms with Gasteiger partial charge in [0.05, 0.1) is 11.4 Å². The number of aromatic nitrogens is 3. The summed E-state index contributed by atoms with van der Waals surface area (Å²) in [6.07, 6.45) is 0. The zero-order chi connectivity index (χ0) is 13.9. The fraction of sp³-hybridized carbons (Fsp3) is 0.0667. The summed E-state index contributed by atoms with van der Waals surface area (Å²) in [6.45, 7) is 0.345. The molecular weight excluding hydrogens is 272 g/mol. The molecule has 0 saturated heterocycles. The van der Waals surface area contributed by atoms with Crippen molar-refractivity contribution in [2.24, 2.45) is 5.73 Å². The minimum absolute atomic E-state index is 0.345. The third-order valence-corrected chi connectivity index (χ3v) is 3.30. The summed E-state index contributed by atoms with van der Waals surface area (Å²) >= 11 is 5.92. The zero-order valence-electron chi connectivity index (χ0n) is 10.7. The second-order valence-corrected chi connectivity index (χ2v) is 4.78. The Balaban J connectivity index is 2.17. The minimum Gasteiger partial charge on any atom is -0.325 e. The van der Waals surface area contributed by atoms with Gasteiger partial charge < -0.3 is 5.73 Å². The van der Waals surface area contributed by atoms with E-state index in [4.69, 9.17) is 17.3 Å². The van der Waals surface area contributed by atoms with Gasteiger partial charge in [-0.05, 0) is 24.3 Å². The minimum atomic E-state index is 0.345. The van der Waals surface area contributed by atoms with E-state index in [1.54, 1.807) is 4.68 Å². The van der Waals surface area contributed by atoms with Crippen LogP contribution in [0.3, 0.4) is 0 Å². The van der Waals surface area contributed by atoms with E-state index in [0.29, 0.717) is 11.6 Å². The number of nitrogens with zero attached hydrogens (tertiary/aromatic N) is 3. The monoisotopic (exact) mass is 284 g/mol. The zero-order valence-corrected chi connectivity index (χ0v) is 11.5. The summed E-state index contributed by atoms with van der Waals surface area (Å²) < 4.78 is 1.79. The summed E-state index contributed by atoms with van der Waals surface area (Å²) in [6, 6.07) is 17.4. The van der Waals surface area contributed by atoms with E-state index >= 15 is 0 Å². The van der Waals surface area contributed by atoms with Crippen molar-refractivity contribution in [3.63, 3.8) is 0 Å². The number of benzene rings is 2. The van der Waals surface area contributed by atoms with Crippen LogP contribution in [0.2, 0.25) is 5.02 Å². The quantitative estimate of drug-likeness (QED) is 0.804. The van der Waals surface area contributed by atoms with Crippen LogP contribution in [-0.4, -0.2) is 15.0 Å². The second-order valence-electron chi connectivity index (χ2n) is 4.34. The highest BCUT2D eigenvalue weighted by molar-refractivity contribution is 6.30. The molecule has 2 N–H and O–H groups in total. The van der Waals surface area contributed by atoms with Gasteiger partial charge in [0, 0.05) is 17.1 Å². The van der Waals surface area contributed by atoms with Gasteiger partial charge in [0.25, 0.3) is 0 Å². The van der Waals surface area contributed by atoms with Gasteiger partial charge in [0.2, 0.25) is 0 Å². The fourth-order valence-corrected chi connectivity index (χ4v) is 2.22. The van der Waals surface area contributed by atoms with Gasteiger partial charge in [-0.3, -0.25) is 0 Å². The van der Waals surface area contributed by atoms with E-state index in [-0.39, 0.29) is 0 Å². The summed E-state index contributed by atoms with van der Waals surface area (Å²) in [7, 11) is 0. The Labute approximate surface area is 121 Å². The van der Waals surface area contributed by atoms with Crippen molar-refractivity contribution in [3.05, 3.63) is 65.3 Å². The molecule has 20 heavy (non-hydrogen) atoms. The van der Waals surface area contributed by atoms with E-state index in [1.165, 1.54) is 0 Å². The lowest BCUT2D eigenvalue weighted by atomic mass is 10.1. The molecule has 5 heteroatoms. The Hall–Kier alpha value is -2.17. The normalized spacial score (nSPS) is 10.7. The molecule has 100 valence electrons. The summed E-state index contributed by atoms with van der Waals surface area (Å²) in [5.41, 5.74) is 9.39. The standard InChI is InChI=1S/C15H13ClN4/c16-12-6-8-13(9-7-12)20-15(14(10-17)18-19-20)11-4-2-1-3-5-11/h1-9H,10,17H2. The van der Waals surface area contributed by atoms with Gasteiger partial charge in [-0.15, -0.1) is 5.10 Å². The Morgan fingerprint density at radius 1 is 1.00 bits per heavy atom. The van der Waals surface area contributed by atoms with Crippen molar-refractivity contribution in [1.29, 1.82) is 0 Å². The SMILES string of the molecule is NCc1nnn(-c2ccc(Cl)cc2)c1-c1ccccc1. The van der Waals surface area contributed by atoms with Crippen LogP contribution in [0.25, 0.3) is 16.9 Å². The van der Waals surface area contributed by atoms with Crippen molar-refractivity contribution in [2.45, 2.75) is 6.54 Å². The summed E-state index contributed by atoms with van der Waals surface area (Å²) in [4.78, 5) is 0. The molecule has 2 aromatic carbocycles. The molecule has 0 unspecified atom stereocenters. The van der Waals surface area contributed by atoms with Crippen LogP contribution in [0, 0.1) is 0 Å². The van der Waals surface area contributed by atoms with Crippen LogP contribution >= 0.6 is 11.6 Å². The average Bonchev–Trinajstić information content (AvgIpc) is 2.93. The fourth-order valence-electron chi connectivity index (χ4n) is 2.10. The molecule has 0 saturated carbocycles. The number of rotatable bonds is 3. The maximum Gasteiger partial charge on any atom is 0.105 e. The van der Waals surface area contributed by atoms with Crippen molar-refractivity contribution >= 4 is 11.6 Å². The Kier molecular flexibility index (Phi) is 3.50. The maximum atomic E-state index is 5.92. The predicted octanol–water partition coefficient (Wildman–Crippen LogP) is 3.05. The molecule has 3 aromatic rings. The highest BCUT2D eigenvalue weighted by atomic mass is 35.5. The number of halogens is 1. The average molecular weight is 285 g/mol. The molecule has 0 amide bonds. The molecular formula is C15H13ClN4. The van der Waals surface area contributed by atoms with Crippen LogP contribution in [0.4, 0.5) is 0 Å². The number of nitrogens with two attached hydrogens (primary N) is 1. The first-order chi connectivity index (χ1) is 9.79. The Morgan fingerprint density at radius 2 is 1.70 bits per heavy atom. The highest BCUT2D eigenvalue weighted by Crippen LogP contribution is 2.25. The Morgan fingerprint density at radius 3 is 2.35 bits per heavy atom. The topological polar surface area (TPSA) is 56.7 Å². The Bertz CT molecular complexity index is 704. The first-order valence-corrected chi connectivity index (χ1v) is 6.63. The molecule has 1 aromatic heterocycles. The van der Waals surface area contributed by atoms with E-state index in [2.05, 4.69) is 10.3 Å². The molecule has 0 aliphatic heterocycles. The number of hydrogen-bond donors (Lipinski definition) is 1. The first kappa shape index (κ1) is 12.8. The molecule has 1 heterocycles. The van der Waals surface area contributed by atoms with E-state index in [1.807, 2.05) is 54.6 Å². The van der Waals surface area contributed by atoms with Crippen molar-refractivity contribution < 1.29 is 0 Å². The molecule has 3 rings (SSSR count). The van der Waals surface area contributed by atoms with Gasteiger partial charge in [0.1, 0.15) is 5.69 Å². The smallest absolute Gasteiger partial charge is 0.105 e. The van der Waals surface area contributed by atoms with Crippen LogP contribution in [0.1, 0.15) is 5.69 Å². The molecule has 0 radical (unpaired) electrons. The first-order valence-electron chi connectivity index (χ1n) is 6.25. The molecule has 4 nitrogen and oxygen atoms in total. The van der Waals surface area contributed by atoms with Crippen molar-refractivity contribution in [1.82, 2.24) is 15.0 Å². The van der Waals surface area contributed by atoms with Crippen LogP contribution in [0.5, 0.6) is 0 Å². The highest BCUT2D eigenvalue weighted by Gasteiger charge is 2.14.